The van der Waals surface area contributed by atoms with Crippen LogP contribution in [0, 0.1) is 6.92 Å². The molecule has 0 atom stereocenters. The van der Waals surface area contributed by atoms with Gasteiger partial charge in [0.25, 0.3) is 0 Å². The van der Waals surface area contributed by atoms with E-state index >= 15 is 0 Å². The Labute approximate surface area is 138 Å². The van der Waals surface area contributed by atoms with Crippen LogP contribution in [0.4, 0.5) is 4.79 Å². The number of thioether (sulfide) groups is 1. The first-order chi connectivity index (χ1) is 10.9. The van der Waals surface area contributed by atoms with Crippen LogP contribution in [0.2, 0.25) is 0 Å². The van der Waals surface area contributed by atoms with Crippen molar-refractivity contribution >= 4 is 23.7 Å². The molecule has 0 radical (unpaired) electrons. The molecule has 0 bridgehead atoms. The molecule has 1 aromatic heterocycles. The number of nitrogens with zero attached hydrogens (tertiary/aromatic N) is 2. The maximum Gasteiger partial charge on any atom is 0.321 e. The van der Waals surface area contributed by atoms with Crippen molar-refractivity contribution in [1.82, 2.24) is 25.8 Å². The van der Waals surface area contributed by atoms with Crippen molar-refractivity contribution in [2.75, 3.05) is 5.75 Å². The van der Waals surface area contributed by atoms with Crippen LogP contribution in [0.5, 0.6) is 0 Å². The van der Waals surface area contributed by atoms with Gasteiger partial charge in [-0.1, -0.05) is 41.6 Å². The Balaban J connectivity index is 1.86. The number of urea groups is 1. The molecule has 3 N–H and O–H groups in total. The summed E-state index contributed by atoms with van der Waals surface area (Å²) in [6.07, 6.45) is 0. The van der Waals surface area contributed by atoms with E-state index in [-0.39, 0.29) is 11.8 Å². The van der Waals surface area contributed by atoms with Crippen LogP contribution in [0.3, 0.4) is 0 Å². The van der Waals surface area contributed by atoms with Gasteiger partial charge in [-0.3, -0.25) is 15.2 Å². The lowest BCUT2D eigenvalue weighted by atomic mass is 10.1. The van der Waals surface area contributed by atoms with Gasteiger partial charge in [0.05, 0.1) is 5.75 Å². The zero-order valence-electron chi connectivity index (χ0n) is 13.2. The van der Waals surface area contributed by atoms with E-state index in [9.17, 15) is 9.59 Å². The predicted octanol–water partition coefficient (Wildman–Crippen LogP) is 2.11. The van der Waals surface area contributed by atoms with E-state index in [1.165, 1.54) is 5.56 Å². The second-order valence-corrected chi connectivity index (χ2v) is 6.24. The number of aryl methyl sites for hydroxylation is 1. The number of hydrogen-bond acceptors (Lipinski definition) is 5. The smallest absolute Gasteiger partial charge is 0.321 e. The van der Waals surface area contributed by atoms with Crippen molar-refractivity contribution in [3.63, 3.8) is 0 Å². The maximum atomic E-state index is 11.7. The summed E-state index contributed by atoms with van der Waals surface area (Å²) < 4.78 is 0. The molecule has 23 heavy (non-hydrogen) atoms. The number of imide groups is 1. The molecule has 0 aliphatic heterocycles. The van der Waals surface area contributed by atoms with Crippen LogP contribution in [0.15, 0.2) is 29.4 Å². The van der Waals surface area contributed by atoms with Crippen LogP contribution < -0.4 is 10.6 Å². The average molecular weight is 333 g/mol. The predicted molar refractivity (Wildman–Crippen MR) is 89.1 cm³/mol. The summed E-state index contributed by atoms with van der Waals surface area (Å²) in [5, 5.41) is 12.2. The van der Waals surface area contributed by atoms with Crippen molar-refractivity contribution in [2.45, 2.75) is 32.0 Å². The standard InChI is InChI=1S/C15H19N5O2S/c1-9(2)16-14(22)17-12(21)8-23-15-18-13(19-20-15)11-6-4-10(3)5-7-11/h4-7,9H,8H2,1-3H3,(H,18,19,20)(H2,16,17,21,22). The highest BCUT2D eigenvalue weighted by Crippen LogP contribution is 2.19. The summed E-state index contributed by atoms with van der Waals surface area (Å²) in [6, 6.07) is 7.36. The van der Waals surface area contributed by atoms with Crippen molar-refractivity contribution in [3.8, 4) is 11.4 Å². The Morgan fingerprint density at radius 1 is 1.26 bits per heavy atom. The summed E-state index contributed by atoms with van der Waals surface area (Å²) in [5.74, 6) is 0.316. The Bertz CT molecular complexity index is 681. The number of benzene rings is 1. The van der Waals surface area contributed by atoms with Crippen LogP contribution >= 0.6 is 11.8 Å². The van der Waals surface area contributed by atoms with Crippen LogP contribution in [0.25, 0.3) is 11.4 Å². The number of aromatic nitrogens is 3. The summed E-state index contributed by atoms with van der Waals surface area (Å²) in [5.41, 5.74) is 2.09. The molecule has 8 heteroatoms. The fourth-order valence-electron chi connectivity index (χ4n) is 1.74. The minimum atomic E-state index is -0.499. The number of aromatic amines is 1. The highest BCUT2D eigenvalue weighted by atomic mass is 32.2. The number of carbonyl (C=O) groups is 2. The molecule has 0 aliphatic carbocycles. The first-order valence-corrected chi connectivity index (χ1v) is 8.15. The van der Waals surface area contributed by atoms with Gasteiger partial charge in [-0.2, -0.15) is 0 Å². The number of carbonyl (C=O) groups excluding carboxylic acids is 2. The number of amides is 3. The molecule has 2 aromatic rings. The van der Waals surface area contributed by atoms with Crippen LogP contribution in [-0.4, -0.2) is 38.9 Å². The minimum absolute atomic E-state index is 0.0273. The molecule has 3 amide bonds. The van der Waals surface area contributed by atoms with E-state index in [0.29, 0.717) is 11.0 Å². The Morgan fingerprint density at radius 3 is 2.61 bits per heavy atom. The molecule has 1 aromatic carbocycles. The number of H-pyrrole nitrogens is 1. The maximum absolute atomic E-state index is 11.7. The largest absolute Gasteiger partial charge is 0.336 e. The molecule has 0 fully saturated rings. The van der Waals surface area contributed by atoms with Crippen LogP contribution in [-0.2, 0) is 4.79 Å². The highest BCUT2D eigenvalue weighted by molar-refractivity contribution is 7.99. The second kappa shape index (κ2) is 7.77. The quantitative estimate of drug-likeness (QED) is 0.728. The molecule has 122 valence electrons. The SMILES string of the molecule is Cc1ccc(-c2nc(SCC(=O)NC(=O)NC(C)C)n[nH]2)cc1. The first-order valence-electron chi connectivity index (χ1n) is 7.16. The van der Waals surface area contributed by atoms with Gasteiger partial charge in [0, 0.05) is 11.6 Å². The van der Waals surface area contributed by atoms with Crippen LogP contribution in [0.1, 0.15) is 19.4 Å². The van der Waals surface area contributed by atoms with E-state index in [1.54, 1.807) is 0 Å². The van der Waals surface area contributed by atoms with Gasteiger partial charge >= 0.3 is 6.03 Å². The van der Waals surface area contributed by atoms with E-state index in [1.807, 2.05) is 45.0 Å². The number of hydrogen-bond donors (Lipinski definition) is 3. The van der Waals surface area contributed by atoms with E-state index in [0.717, 1.165) is 17.3 Å². The number of rotatable bonds is 5. The summed E-state index contributed by atoms with van der Waals surface area (Å²) in [6.45, 7) is 5.65. The van der Waals surface area contributed by atoms with Gasteiger partial charge < -0.3 is 5.32 Å². The lowest BCUT2D eigenvalue weighted by Gasteiger charge is -2.08. The first kappa shape index (κ1) is 17.0. The van der Waals surface area contributed by atoms with Crippen molar-refractivity contribution < 1.29 is 9.59 Å². The molecular weight excluding hydrogens is 314 g/mol. The lowest BCUT2D eigenvalue weighted by Crippen LogP contribution is -2.43. The second-order valence-electron chi connectivity index (χ2n) is 5.30. The van der Waals surface area contributed by atoms with Gasteiger partial charge in [0.15, 0.2) is 5.82 Å². The summed E-state index contributed by atoms with van der Waals surface area (Å²) in [7, 11) is 0. The van der Waals surface area contributed by atoms with E-state index in [4.69, 9.17) is 0 Å². The molecule has 2 rings (SSSR count). The molecule has 1 heterocycles. The molecule has 0 saturated heterocycles. The number of nitrogens with one attached hydrogen (secondary N) is 3. The van der Waals surface area contributed by atoms with Gasteiger partial charge in [-0.25, -0.2) is 9.78 Å². The zero-order valence-corrected chi connectivity index (χ0v) is 14.0. The molecule has 0 unspecified atom stereocenters. The molecular formula is C15H19N5O2S. The molecule has 0 aliphatic rings. The third kappa shape index (κ3) is 5.41. The third-order valence-electron chi connectivity index (χ3n) is 2.79. The highest BCUT2D eigenvalue weighted by Gasteiger charge is 2.11. The van der Waals surface area contributed by atoms with Gasteiger partial charge in [-0.15, -0.1) is 5.10 Å². The Morgan fingerprint density at radius 2 is 1.96 bits per heavy atom. The molecule has 0 saturated carbocycles. The van der Waals surface area contributed by atoms with E-state index < -0.39 is 11.9 Å². The minimum Gasteiger partial charge on any atom is -0.336 e. The average Bonchev–Trinajstić information content (AvgIpc) is 2.94. The van der Waals surface area contributed by atoms with Gasteiger partial charge in [0.2, 0.25) is 11.1 Å². The summed E-state index contributed by atoms with van der Waals surface area (Å²) >= 11 is 1.16. The van der Waals surface area contributed by atoms with Crippen molar-refractivity contribution in [3.05, 3.63) is 29.8 Å². The fraction of sp³-hybridized carbons (Fsp3) is 0.333. The Hall–Kier alpha value is -2.35. The zero-order chi connectivity index (χ0) is 16.8. The Kier molecular flexibility index (Phi) is 5.75. The van der Waals surface area contributed by atoms with Crippen molar-refractivity contribution in [1.29, 1.82) is 0 Å². The topological polar surface area (TPSA) is 99.8 Å². The van der Waals surface area contributed by atoms with Crippen molar-refractivity contribution in [2.24, 2.45) is 0 Å². The molecule has 7 nitrogen and oxygen atoms in total. The van der Waals surface area contributed by atoms with E-state index in [2.05, 4.69) is 25.8 Å². The van der Waals surface area contributed by atoms with Gasteiger partial charge in [-0.05, 0) is 20.8 Å². The fourth-order valence-corrected chi connectivity index (χ4v) is 2.34. The summed E-state index contributed by atoms with van der Waals surface area (Å²) in [4.78, 5) is 27.4. The monoisotopic (exact) mass is 333 g/mol. The van der Waals surface area contributed by atoms with Gasteiger partial charge in [0.1, 0.15) is 0 Å². The molecule has 0 spiro atoms. The third-order valence-corrected chi connectivity index (χ3v) is 3.64. The normalized spacial score (nSPS) is 10.6. The lowest BCUT2D eigenvalue weighted by molar-refractivity contribution is -0.117.